The maximum atomic E-state index is 13.4. The van der Waals surface area contributed by atoms with Gasteiger partial charge in [-0.2, -0.15) is 0 Å². The van der Waals surface area contributed by atoms with Crippen LogP contribution in [-0.2, 0) is 17.8 Å². The summed E-state index contributed by atoms with van der Waals surface area (Å²) in [5, 5.41) is -0.616. The largest absolute Gasteiger partial charge is 0.337 e. The predicted molar refractivity (Wildman–Crippen MR) is 60.8 cm³/mol. The van der Waals surface area contributed by atoms with Crippen molar-refractivity contribution >= 4 is 17.5 Å². The third kappa shape index (κ3) is 2.41. The molecule has 1 aliphatic rings. The van der Waals surface area contributed by atoms with Crippen LogP contribution in [0.15, 0.2) is 12.1 Å². The number of carbonyl (C=O) groups excluding carboxylic acids is 1. The Morgan fingerprint density at radius 1 is 1.47 bits per heavy atom. The number of hydrogen-bond acceptors (Lipinski definition) is 1. The van der Waals surface area contributed by atoms with E-state index in [-0.39, 0.29) is 12.5 Å². The Morgan fingerprint density at radius 3 is 2.82 bits per heavy atom. The summed E-state index contributed by atoms with van der Waals surface area (Å²) in [7, 11) is 0. The first-order valence-corrected chi connectivity index (χ1v) is 5.82. The number of halogens is 3. The van der Waals surface area contributed by atoms with Crippen molar-refractivity contribution in [3.05, 3.63) is 34.9 Å². The molecule has 0 fully saturated rings. The number of fused-ring (bicyclic) bond motifs is 1. The van der Waals surface area contributed by atoms with Crippen LogP contribution in [0, 0.1) is 11.6 Å². The second kappa shape index (κ2) is 4.61. The monoisotopic (exact) mass is 259 g/mol. The Hall–Kier alpha value is -1.16. The molecule has 1 amide bonds. The van der Waals surface area contributed by atoms with Crippen molar-refractivity contribution in [3.8, 4) is 0 Å². The lowest BCUT2D eigenvalue weighted by Crippen LogP contribution is -2.39. The predicted octanol–water partition coefficient (Wildman–Crippen LogP) is 2.48. The second-order valence-electron chi connectivity index (χ2n) is 4.15. The molecule has 0 radical (unpaired) electrons. The third-order valence-corrected chi connectivity index (χ3v) is 3.08. The van der Waals surface area contributed by atoms with Crippen LogP contribution in [0.2, 0.25) is 0 Å². The Kier molecular flexibility index (Phi) is 3.33. The van der Waals surface area contributed by atoms with Gasteiger partial charge in [-0.05, 0) is 30.5 Å². The molecule has 0 saturated carbocycles. The van der Waals surface area contributed by atoms with Crippen molar-refractivity contribution in [2.75, 3.05) is 6.54 Å². The highest BCUT2D eigenvalue weighted by molar-refractivity contribution is 6.30. The zero-order chi connectivity index (χ0) is 12.6. The topological polar surface area (TPSA) is 20.3 Å². The maximum absolute atomic E-state index is 13.4. The Labute approximate surface area is 103 Å². The van der Waals surface area contributed by atoms with E-state index >= 15 is 0 Å². The molecule has 5 heteroatoms. The minimum Gasteiger partial charge on any atom is -0.337 e. The molecule has 2 nitrogen and oxygen atoms in total. The second-order valence-corrected chi connectivity index (χ2v) is 4.81. The van der Waals surface area contributed by atoms with Gasteiger partial charge in [-0.1, -0.05) is 0 Å². The number of alkyl halides is 1. The molecule has 1 unspecified atom stereocenters. The summed E-state index contributed by atoms with van der Waals surface area (Å²) >= 11 is 5.71. The zero-order valence-electron chi connectivity index (χ0n) is 9.34. The Bertz CT molecular complexity index is 462. The van der Waals surface area contributed by atoms with Crippen LogP contribution in [0.3, 0.4) is 0 Å². The molecule has 0 aromatic heterocycles. The molecular formula is C12H12ClF2NO. The molecule has 2 rings (SSSR count). The fourth-order valence-electron chi connectivity index (χ4n) is 2.05. The van der Waals surface area contributed by atoms with Gasteiger partial charge < -0.3 is 4.90 Å². The standard InChI is InChI=1S/C12H12ClF2NO/c1-7(13)12(17)16-3-2-10-8(6-16)4-9(14)5-11(10)15/h4-5,7H,2-3,6H2,1H3. The highest BCUT2D eigenvalue weighted by atomic mass is 35.5. The van der Waals surface area contributed by atoms with E-state index in [0.717, 1.165) is 6.07 Å². The van der Waals surface area contributed by atoms with Crippen LogP contribution in [0.4, 0.5) is 8.78 Å². The summed E-state index contributed by atoms with van der Waals surface area (Å²) in [5.74, 6) is -1.36. The summed E-state index contributed by atoms with van der Waals surface area (Å²) in [6.07, 6.45) is 0.400. The van der Waals surface area contributed by atoms with Crippen LogP contribution in [-0.4, -0.2) is 22.7 Å². The quantitative estimate of drug-likeness (QED) is 0.710. The summed E-state index contributed by atoms with van der Waals surface area (Å²) in [6.45, 7) is 2.23. The molecule has 1 aromatic carbocycles. The average molecular weight is 260 g/mol. The van der Waals surface area contributed by atoms with Gasteiger partial charge in [0.25, 0.3) is 0 Å². The molecular weight excluding hydrogens is 248 g/mol. The summed E-state index contributed by atoms with van der Waals surface area (Å²) in [4.78, 5) is 13.2. The number of hydrogen-bond donors (Lipinski definition) is 0. The van der Waals surface area contributed by atoms with Gasteiger partial charge in [-0.25, -0.2) is 8.78 Å². The molecule has 0 bridgehead atoms. The first kappa shape index (κ1) is 12.3. The van der Waals surface area contributed by atoms with Crippen LogP contribution >= 0.6 is 11.6 Å². The number of benzene rings is 1. The molecule has 17 heavy (non-hydrogen) atoms. The first-order valence-electron chi connectivity index (χ1n) is 5.38. The van der Waals surface area contributed by atoms with E-state index < -0.39 is 17.0 Å². The highest BCUT2D eigenvalue weighted by Gasteiger charge is 2.25. The van der Waals surface area contributed by atoms with E-state index in [1.807, 2.05) is 0 Å². The lowest BCUT2D eigenvalue weighted by Gasteiger charge is -2.29. The molecule has 92 valence electrons. The van der Waals surface area contributed by atoms with E-state index in [9.17, 15) is 13.6 Å². The number of carbonyl (C=O) groups is 1. The van der Waals surface area contributed by atoms with Gasteiger partial charge in [0.1, 0.15) is 17.0 Å². The lowest BCUT2D eigenvalue weighted by molar-refractivity contribution is -0.131. The lowest BCUT2D eigenvalue weighted by atomic mass is 9.98. The molecule has 1 heterocycles. The van der Waals surface area contributed by atoms with Crippen molar-refractivity contribution in [2.45, 2.75) is 25.3 Å². The van der Waals surface area contributed by atoms with Gasteiger partial charge >= 0.3 is 0 Å². The number of rotatable bonds is 1. The van der Waals surface area contributed by atoms with E-state index in [2.05, 4.69) is 0 Å². The van der Waals surface area contributed by atoms with E-state index in [1.165, 1.54) is 11.0 Å². The van der Waals surface area contributed by atoms with Crippen molar-refractivity contribution in [3.63, 3.8) is 0 Å². The SMILES string of the molecule is CC(Cl)C(=O)N1CCc2c(F)cc(F)cc2C1. The van der Waals surface area contributed by atoms with Gasteiger partial charge in [0, 0.05) is 19.2 Å². The molecule has 0 aliphatic carbocycles. The van der Waals surface area contributed by atoms with Crippen LogP contribution < -0.4 is 0 Å². The van der Waals surface area contributed by atoms with Crippen LogP contribution in [0.25, 0.3) is 0 Å². The van der Waals surface area contributed by atoms with Crippen molar-refractivity contribution in [1.82, 2.24) is 4.90 Å². The van der Waals surface area contributed by atoms with Crippen LogP contribution in [0.1, 0.15) is 18.1 Å². The normalized spacial score (nSPS) is 16.6. The molecule has 0 N–H and O–H groups in total. The maximum Gasteiger partial charge on any atom is 0.240 e. The molecule has 1 atom stereocenters. The Balaban J connectivity index is 2.27. The summed E-state index contributed by atoms with van der Waals surface area (Å²) < 4.78 is 26.5. The van der Waals surface area contributed by atoms with Crippen molar-refractivity contribution < 1.29 is 13.6 Å². The number of nitrogens with zero attached hydrogens (tertiary/aromatic N) is 1. The fourth-order valence-corrected chi connectivity index (χ4v) is 2.19. The van der Waals surface area contributed by atoms with Gasteiger partial charge in [0.15, 0.2) is 0 Å². The molecule has 1 aromatic rings. The average Bonchev–Trinajstić information content (AvgIpc) is 2.26. The highest BCUT2D eigenvalue weighted by Crippen LogP contribution is 2.23. The first-order chi connectivity index (χ1) is 7.99. The zero-order valence-corrected chi connectivity index (χ0v) is 10.1. The van der Waals surface area contributed by atoms with E-state index in [4.69, 9.17) is 11.6 Å². The van der Waals surface area contributed by atoms with E-state index in [0.29, 0.717) is 24.1 Å². The fraction of sp³-hybridized carbons (Fsp3) is 0.417. The van der Waals surface area contributed by atoms with Crippen molar-refractivity contribution in [1.29, 1.82) is 0 Å². The molecule has 1 aliphatic heterocycles. The Morgan fingerprint density at radius 2 is 2.18 bits per heavy atom. The van der Waals surface area contributed by atoms with Gasteiger partial charge in [0.2, 0.25) is 5.91 Å². The van der Waals surface area contributed by atoms with Crippen LogP contribution in [0.5, 0.6) is 0 Å². The van der Waals surface area contributed by atoms with Gasteiger partial charge in [-0.3, -0.25) is 4.79 Å². The van der Waals surface area contributed by atoms with Crippen molar-refractivity contribution in [2.24, 2.45) is 0 Å². The summed E-state index contributed by atoms with van der Waals surface area (Å²) in [5.41, 5.74) is 1.03. The van der Waals surface area contributed by atoms with Gasteiger partial charge in [0.05, 0.1) is 0 Å². The third-order valence-electron chi connectivity index (χ3n) is 2.90. The van der Waals surface area contributed by atoms with Gasteiger partial charge in [-0.15, -0.1) is 11.6 Å². The number of amides is 1. The minimum absolute atomic E-state index is 0.206. The smallest absolute Gasteiger partial charge is 0.240 e. The molecule has 0 saturated heterocycles. The summed E-state index contributed by atoms with van der Waals surface area (Å²) in [6, 6.07) is 2.15. The minimum atomic E-state index is -0.616. The van der Waals surface area contributed by atoms with E-state index in [1.54, 1.807) is 6.92 Å². The molecule has 0 spiro atoms.